The van der Waals surface area contributed by atoms with Crippen LogP contribution in [0.25, 0.3) is 0 Å². The van der Waals surface area contributed by atoms with Gasteiger partial charge in [0.1, 0.15) is 12.2 Å². The summed E-state index contributed by atoms with van der Waals surface area (Å²) in [6, 6.07) is 0. The third-order valence-electron chi connectivity index (χ3n) is 12.0. The molecule has 5 rings (SSSR count). The summed E-state index contributed by atoms with van der Waals surface area (Å²) in [7, 11) is 0. The van der Waals surface area contributed by atoms with Gasteiger partial charge in [-0.3, -0.25) is 14.8 Å². The molecule has 0 amide bonds. The first-order valence-corrected chi connectivity index (χ1v) is 13.8. The number of allylic oxidation sites excluding steroid dienone is 2. The minimum absolute atomic E-state index is 0.0755. The Labute approximate surface area is 215 Å². The van der Waals surface area contributed by atoms with Crippen LogP contribution in [0.5, 0.6) is 0 Å². The second-order valence-corrected chi connectivity index (χ2v) is 14.0. The molecule has 36 heavy (non-hydrogen) atoms. The van der Waals surface area contributed by atoms with E-state index in [1.807, 2.05) is 13.0 Å². The van der Waals surface area contributed by atoms with Crippen molar-refractivity contribution in [1.29, 1.82) is 0 Å². The van der Waals surface area contributed by atoms with E-state index >= 15 is 0 Å². The molecule has 1 aliphatic heterocycles. The SMILES string of the molecule is C=C(C)[C@@H](CC[C@H]1C(=O)O[C@H]2C[C@]3(C)C4=CC(=O)[C@H]5C(C)(C)[C@@H](O)CC[C@]5(C)[C@H]4CC[C@@]3(C)[C@@H]21)OO. The summed E-state index contributed by atoms with van der Waals surface area (Å²) in [5.41, 5.74) is 0.982. The Morgan fingerprint density at radius 1 is 1.19 bits per heavy atom. The van der Waals surface area contributed by atoms with E-state index in [0.29, 0.717) is 18.8 Å². The minimum Gasteiger partial charge on any atom is -0.462 e. The quantitative estimate of drug-likeness (QED) is 0.224. The summed E-state index contributed by atoms with van der Waals surface area (Å²) >= 11 is 0. The van der Waals surface area contributed by atoms with Gasteiger partial charge >= 0.3 is 5.97 Å². The fraction of sp³-hybridized carbons (Fsp3) is 0.800. The molecule has 4 aliphatic carbocycles. The first kappa shape index (κ1) is 26.1. The Morgan fingerprint density at radius 2 is 1.89 bits per heavy atom. The van der Waals surface area contributed by atoms with Crippen molar-refractivity contribution in [3.05, 3.63) is 23.8 Å². The lowest BCUT2D eigenvalue weighted by atomic mass is 9.40. The molecule has 4 fully saturated rings. The Hall–Kier alpha value is -1.50. The number of rotatable bonds is 5. The molecule has 0 unspecified atom stereocenters. The summed E-state index contributed by atoms with van der Waals surface area (Å²) in [6.45, 7) is 16.7. The average molecular weight is 501 g/mol. The third-order valence-corrected chi connectivity index (χ3v) is 12.0. The molecular weight excluding hydrogens is 456 g/mol. The second kappa shape index (κ2) is 8.25. The van der Waals surface area contributed by atoms with Gasteiger partial charge in [0.2, 0.25) is 0 Å². The van der Waals surface area contributed by atoms with Crippen molar-refractivity contribution in [2.45, 2.75) is 105 Å². The zero-order valence-corrected chi connectivity index (χ0v) is 22.8. The number of carbonyl (C=O) groups excluding carboxylic acids is 2. The van der Waals surface area contributed by atoms with Gasteiger partial charge in [0.05, 0.1) is 12.0 Å². The number of aliphatic hydroxyl groups excluding tert-OH is 1. The molecule has 0 aromatic rings. The molecule has 0 bridgehead atoms. The van der Waals surface area contributed by atoms with Crippen molar-refractivity contribution in [3.63, 3.8) is 0 Å². The number of aliphatic hydroxyl groups is 1. The maximum atomic E-state index is 13.8. The average Bonchev–Trinajstić information content (AvgIpc) is 3.20. The number of ketones is 1. The standard InChI is InChI=1S/C30H44O6/c1-16(2)21(36-34)9-8-17-24-22(35-26(17)33)15-30(7)19-14-20(31)25-27(3,4)23(32)11-12-28(25,5)18(19)10-13-29(24,30)6/h14,17-18,21-25,32,34H,1,8-13,15H2,2-7H3/t17-,18+,21-,22+,23+,24-,25+,28-,29+,30-/m1/s1. The lowest BCUT2D eigenvalue weighted by molar-refractivity contribution is -0.270. The Bertz CT molecular complexity index is 1010. The lowest BCUT2D eigenvalue weighted by Crippen LogP contribution is -2.60. The maximum absolute atomic E-state index is 13.8. The van der Waals surface area contributed by atoms with Crippen molar-refractivity contribution in [1.82, 2.24) is 0 Å². The Balaban J connectivity index is 1.50. The van der Waals surface area contributed by atoms with Crippen LogP contribution in [0.1, 0.15) is 86.5 Å². The van der Waals surface area contributed by atoms with E-state index in [2.05, 4.69) is 46.1 Å². The van der Waals surface area contributed by atoms with E-state index in [-0.39, 0.29) is 51.9 Å². The lowest BCUT2D eigenvalue weighted by Gasteiger charge is -2.63. The van der Waals surface area contributed by atoms with Gasteiger partial charge in [-0.2, -0.15) is 0 Å². The van der Waals surface area contributed by atoms with Gasteiger partial charge in [-0.05, 0) is 85.7 Å². The van der Waals surface area contributed by atoms with Gasteiger partial charge in [-0.25, -0.2) is 4.89 Å². The van der Waals surface area contributed by atoms with Crippen LogP contribution >= 0.6 is 0 Å². The van der Waals surface area contributed by atoms with Crippen LogP contribution < -0.4 is 0 Å². The van der Waals surface area contributed by atoms with Gasteiger partial charge in [0, 0.05) is 17.3 Å². The highest BCUT2D eigenvalue weighted by Gasteiger charge is 2.71. The highest BCUT2D eigenvalue weighted by atomic mass is 17.1. The van der Waals surface area contributed by atoms with Gasteiger partial charge in [0.15, 0.2) is 5.78 Å². The van der Waals surface area contributed by atoms with E-state index in [1.165, 1.54) is 5.57 Å². The van der Waals surface area contributed by atoms with Crippen LogP contribution in [-0.4, -0.2) is 40.4 Å². The Kier molecular flexibility index (Phi) is 5.98. The fourth-order valence-corrected chi connectivity index (χ4v) is 9.89. The number of hydrogen-bond donors (Lipinski definition) is 2. The Morgan fingerprint density at radius 3 is 2.53 bits per heavy atom. The van der Waals surface area contributed by atoms with E-state index in [9.17, 15) is 20.0 Å². The van der Waals surface area contributed by atoms with E-state index < -0.39 is 17.6 Å². The highest BCUT2D eigenvalue weighted by Crippen LogP contribution is 2.74. The molecule has 0 spiro atoms. The maximum Gasteiger partial charge on any atom is 0.309 e. The molecule has 0 aromatic heterocycles. The molecule has 6 heteroatoms. The summed E-state index contributed by atoms with van der Waals surface area (Å²) in [4.78, 5) is 31.4. The minimum atomic E-state index is -0.492. The molecule has 2 N–H and O–H groups in total. The fourth-order valence-electron chi connectivity index (χ4n) is 9.89. The normalized spacial score (nSPS) is 47.7. The molecular formula is C30H44O6. The topological polar surface area (TPSA) is 93.1 Å². The van der Waals surface area contributed by atoms with Crippen molar-refractivity contribution in [2.75, 3.05) is 0 Å². The van der Waals surface area contributed by atoms with Crippen molar-refractivity contribution >= 4 is 11.8 Å². The summed E-state index contributed by atoms with van der Waals surface area (Å²) in [5.74, 6) is -0.0347. The molecule has 1 heterocycles. The van der Waals surface area contributed by atoms with Crippen LogP contribution in [0.15, 0.2) is 23.8 Å². The molecule has 1 saturated heterocycles. The predicted molar refractivity (Wildman–Crippen MR) is 136 cm³/mol. The highest BCUT2D eigenvalue weighted by molar-refractivity contribution is 5.95. The molecule has 10 atom stereocenters. The van der Waals surface area contributed by atoms with Crippen LogP contribution in [0, 0.1) is 45.3 Å². The summed E-state index contributed by atoms with van der Waals surface area (Å²) < 4.78 is 6.02. The van der Waals surface area contributed by atoms with Crippen LogP contribution in [0.2, 0.25) is 0 Å². The summed E-state index contributed by atoms with van der Waals surface area (Å²) in [5, 5.41) is 20.1. The first-order chi connectivity index (χ1) is 16.7. The number of carbonyl (C=O) groups is 2. The molecule has 0 aromatic carbocycles. The van der Waals surface area contributed by atoms with Crippen molar-refractivity contribution in [2.24, 2.45) is 45.3 Å². The number of esters is 1. The van der Waals surface area contributed by atoms with E-state index in [4.69, 9.17) is 4.74 Å². The predicted octanol–water partition coefficient (Wildman–Crippen LogP) is 5.50. The van der Waals surface area contributed by atoms with Crippen molar-refractivity contribution < 1.29 is 29.6 Å². The first-order valence-electron chi connectivity index (χ1n) is 13.8. The number of fused-ring (bicyclic) bond motifs is 7. The molecule has 5 aliphatic rings. The van der Waals surface area contributed by atoms with Crippen molar-refractivity contribution in [3.8, 4) is 0 Å². The monoisotopic (exact) mass is 500 g/mol. The van der Waals surface area contributed by atoms with Gasteiger partial charge < -0.3 is 9.84 Å². The second-order valence-electron chi connectivity index (χ2n) is 14.0. The zero-order valence-electron chi connectivity index (χ0n) is 22.8. The third kappa shape index (κ3) is 3.26. The van der Waals surface area contributed by atoms with Crippen LogP contribution in [-0.2, 0) is 19.2 Å². The largest absolute Gasteiger partial charge is 0.462 e. The van der Waals surface area contributed by atoms with Crippen LogP contribution in [0.3, 0.4) is 0 Å². The van der Waals surface area contributed by atoms with Gasteiger partial charge in [-0.1, -0.05) is 46.8 Å². The zero-order chi connectivity index (χ0) is 26.4. The van der Waals surface area contributed by atoms with Gasteiger partial charge in [-0.15, -0.1) is 0 Å². The van der Waals surface area contributed by atoms with Gasteiger partial charge in [0.25, 0.3) is 0 Å². The molecule has 200 valence electrons. The number of hydrogen-bond acceptors (Lipinski definition) is 6. The summed E-state index contributed by atoms with van der Waals surface area (Å²) in [6.07, 6.45) is 6.25. The molecule has 3 saturated carbocycles. The smallest absolute Gasteiger partial charge is 0.309 e. The molecule has 6 nitrogen and oxygen atoms in total. The molecule has 0 radical (unpaired) electrons. The van der Waals surface area contributed by atoms with Crippen LogP contribution in [0.4, 0.5) is 0 Å². The van der Waals surface area contributed by atoms with E-state index in [0.717, 1.165) is 37.7 Å². The van der Waals surface area contributed by atoms with E-state index in [1.54, 1.807) is 0 Å². The number of ether oxygens (including phenoxy) is 1.